The molecule has 0 radical (unpaired) electrons. The van der Waals surface area contributed by atoms with Crippen LogP contribution in [0.5, 0.6) is 0 Å². The highest BCUT2D eigenvalue weighted by Crippen LogP contribution is 2.22. The molecule has 1 N–H and O–H groups in total. The van der Waals surface area contributed by atoms with Gasteiger partial charge in [-0.05, 0) is 28.9 Å². The molecule has 0 fully saturated rings. The topological polar surface area (TPSA) is 42.1 Å². The normalized spacial score (nSPS) is 9.92. The summed E-state index contributed by atoms with van der Waals surface area (Å²) in [5.41, 5.74) is 0.355. The fourth-order valence-corrected chi connectivity index (χ4v) is 1.21. The molecule has 1 aromatic rings. The highest BCUT2D eigenvalue weighted by Gasteiger charge is 2.11. The molecule has 0 bridgehead atoms. The van der Waals surface area contributed by atoms with Crippen molar-refractivity contribution in [3.8, 4) is 0 Å². The summed E-state index contributed by atoms with van der Waals surface area (Å²) in [6.45, 7) is 2.10. The van der Waals surface area contributed by atoms with Gasteiger partial charge in [0.25, 0.3) is 0 Å². The lowest BCUT2D eigenvalue weighted by atomic mass is 10.4. The first kappa shape index (κ1) is 9.61. The van der Waals surface area contributed by atoms with E-state index in [1.54, 1.807) is 13.0 Å². The van der Waals surface area contributed by atoms with Gasteiger partial charge in [0.2, 0.25) is 0 Å². The molecular weight excluding hydrogens is 245 g/mol. The molecule has 0 spiro atoms. The summed E-state index contributed by atoms with van der Waals surface area (Å²) in [6, 6.07) is 1.58. The Morgan fingerprint density at radius 2 is 2.50 bits per heavy atom. The van der Waals surface area contributed by atoms with Crippen LogP contribution < -0.4 is 0 Å². The first-order valence-corrected chi connectivity index (χ1v) is 4.53. The number of aromatic amines is 1. The number of nitrogens with one attached hydrogen (secondary N) is 1. The van der Waals surface area contributed by atoms with Crippen LogP contribution in [-0.2, 0) is 4.74 Å². The van der Waals surface area contributed by atoms with Crippen molar-refractivity contribution < 1.29 is 9.53 Å². The van der Waals surface area contributed by atoms with Crippen LogP contribution in [-0.4, -0.2) is 17.6 Å². The number of rotatable bonds is 2. The van der Waals surface area contributed by atoms with Crippen LogP contribution in [0.15, 0.2) is 10.5 Å². The van der Waals surface area contributed by atoms with E-state index in [0.29, 0.717) is 21.9 Å². The van der Waals surface area contributed by atoms with Gasteiger partial charge in [-0.1, -0.05) is 11.6 Å². The van der Waals surface area contributed by atoms with Gasteiger partial charge in [-0.2, -0.15) is 0 Å². The van der Waals surface area contributed by atoms with Gasteiger partial charge in [-0.15, -0.1) is 0 Å². The molecule has 0 atom stereocenters. The number of hydrogen-bond donors (Lipinski definition) is 1. The maximum absolute atomic E-state index is 11.1. The molecule has 0 unspecified atom stereocenters. The Kier molecular flexibility index (Phi) is 3.17. The highest BCUT2D eigenvalue weighted by molar-refractivity contribution is 9.10. The maximum Gasteiger partial charge on any atom is 0.354 e. The number of halogens is 2. The minimum Gasteiger partial charge on any atom is -0.461 e. The Hall–Kier alpha value is -0.480. The van der Waals surface area contributed by atoms with E-state index < -0.39 is 5.97 Å². The van der Waals surface area contributed by atoms with Crippen LogP contribution in [0.4, 0.5) is 0 Å². The lowest BCUT2D eigenvalue weighted by molar-refractivity contribution is 0.0520. The predicted molar refractivity (Wildman–Crippen MR) is 49.5 cm³/mol. The van der Waals surface area contributed by atoms with Crippen molar-refractivity contribution in [2.24, 2.45) is 0 Å². The number of hydrogen-bond acceptors (Lipinski definition) is 2. The number of carbonyl (C=O) groups excluding carboxylic acids is 1. The van der Waals surface area contributed by atoms with Gasteiger partial charge in [0.15, 0.2) is 0 Å². The zero-order valence-electron chi connectivity index (χ0n) is 6.36. The number of aromatic nitrogens is 1. The SMILES string of the molecule is CCOC(=O)c1cc(Br)c(Cl)[nH]1. The van der Waals surface area contributed by atoms with Crippen LogP contribution in [0.25, 0.3) is 0 Å². The van der Waals surface area contributed by atoms with Crippen LogP contribution in [0, 0.1) is 0 Å². The molecule has 0 saturated carbocycles. The molecule has 0 saturated heterocycles. The van der Waals surface area contributed by atoms with Crippen molar-refractivity contribution in [2.45, 2.75) is 6.92 Å². The van der Waals surface area contributed by atoms with Crippen molar-refractivity contribution in [3.63, 3.8) is 0 Å². The summed E-state index contributed by atoms with van der Waals surface area (Å²) < 4.78 is 5.41. The number of H-pyrrole nitrogens is 1. The summed E-state index contributed by atoms with van der Waals surface area (Å²) in [7, 11) is 0. The summed E-state index contributed by atoms with van der Waals surface area (Å²) in [5.74, 6) is -0.398. The van der Waals surface area contributed by atoms with Gasteiger partial charge in [0.05, 0.1) is 11.1 Å². The van der Waals surface area contributed by atoms with Crippen LogP contribution >= 0.6 is 27.5 Å². The first-order chi connectivity index (χ1) is 5.65. The molecule has 0 amide bonds. The number of ether oxygens (including phenoxy) is 1. The molecule has 66 valence electrons. The second kappa shape index (κ2) is 3.96. The zero-order chi connectivity index (χ0) is 9.14. The quantitative estimate of drug-likeness (QED) is 0.822. The van der Waals surface area contributed by atoms with E-state index in [2.05, 4.69) is 20.9 Å². The second-order valence-corrected chi connectivity index (χ2v) is 3.30. The lowest BCUT2D eigenvalue weighted by Crippen LogP contribution is -2.04. The van der Waals surface area contributed by atoms with E-state index >= 15 is 0 Å². The van der Waals surface area contributed by atoms with Gasteiger partial charge in [-0.3, -0.25) is 0 Å². The largest absolute Gasteiger partial charge is 0.461 e. The fourth-order valence-electron chi connectivity index (χ4n) is 0.723. The third-order valence-electron chi connectivity index (χ3n) is 1.22. The average molecular weight is 252 g/mol. The summed E-state index contributed by atoms with van der Waals surface area (Å²) in [5, 5.41) is 0.401. The molecule has 0 aliphatic carbocycles. The Bertz CT molecular complexity index is 278. The molecule has 5 heteroatoms. The van der Waals surface area contributed by atoms with Gasteiger partial charge in [-0.25, -0.2) is 4.79 Å². The minimum absolute atomic E-state index is 0.354. The van der Waals surface area contributed by atoms with Crippen molar-refractivity contribution in [3.05, 3.63) is 21.4 Å². The predicted octanol–water partition coefficient (Wildman–Crippen LogP) is 2.61. The van der Waals surface area contributed by atoms with E-state index in [9.17, 15) is 4.79 Å². The Labute approximate surface area is 83.2 Å². The van der Waals surface area contributed by atoms with Crippen molar-refractivity contribution in [2.75, 3.05) is 6.61 Å². The molecule has 12 heavy (non-hydrogen) atoms. The van der Waals surface area contributed by atoms with Crippen LogP contribution in [0.1, 0.15) is 17.4 Å². The van der Waals surface area contributed by atoms with E-state index in [4.69, 9.17) is 16.3 Å². The van der Waals surface area contributed by atoms with Crippen molar-refractivity contribution >= 4 is 33.5 Å². The Balaban J connectivity index is 2.82. The molecule has 1 heterocycles. The summed E-state index contributed by atoms with van der Waals surface area (Å²) >= 11 is 8.83. The van der Waals surface area contributed by atoms with Crippen LogP contribution in [0.3, 0.4) is 0 Å². The molecular formula is C7H7BrClNO2. The van der Waals surface area contributed by atoms with Gasteiger partial charge < -0.3 is 9.72 Å². The molecule has 0 aliphatic rings. The number of carbonyl (C=O) groups is 1. The highest BCUT2D eigenvalue weighted by atomic mass is 79.9. The van der Waals surface area contributed by atoms with Crippen molar-refractivity contribution in [1.82, 2.24) is 4.98 Å². The molecule has 0 aromatic carbocycles. The Morgan fingerprint density at radius 1 is 1.83 bits per heavy atom. The third-order valence-corrected chi connectivity index (χ3v) is 2.37. The number of esters is 1. The standard InChI is InChI=1S/C7H7BrClNO2/c1-2-12-7(11)5-3-4(8)6(9)10-5/h3,10H,2H2,1H3. The smallest absolute Gasteiger partial charge is 0.354 e. The minimum atomic E-state index is -0.398. The molecule has 3 nitrogen and oxygen atoms in total. The first-order valence-electron chi connectivity index (χ1n) is 3.36. The van der Waals surface area contributed by atoms with E-state index in [1.807, 2.05) is 0 Å². The second-order valence-electron chi connectivity index (χ2n) is 2.07. The summed E-state index contributed by atoms with van der Waals surface area (Å²) in [6.07, 6.45) is 0. The zero-order valence-corrected chi connectivity index (χ0v) is 8.70. The third kappa shape index (κ3) is 2.01. The molecule has 1 rings (SSSR count). The van der Waals surface area contributed by atoms with Crippen LogP contribution in [0.2, 0.25) is 5.15 Å². The van der Waals surface area contributed by atoms with Crippen molar-refractivity contribution in [1.29, 1.82) is 0 Å². The lowest BCUT2D eigenvalue weighted by Gasteiger charge is -1.96. The maximum atomic E-state index is 11.1. The average Bonchev–Trinajstić information content (AvgIpc) is 2.33. The fraction of sp³-hybridized carbons (Fsp3) is 0.286. The van der Waals surface area contributed by atoms with Gasteiger partial charge in [0, 0.05) is 0 Å². The molecule has 0 aliphatic heterocycles. The molecule has 1 aromatic heterocycles. The van der Waals surface area contributed by atoms with E-state index in [0.717, 1.165) is 0 Å². The van der Waals surface area contributed by atoms with Gasteiger partial charge in [0.1, 0.15) is 10.8 Å². The monoisotopic (exact) mass is 251 g/mol. The van der Waals surface area contributed by atoms with E-state index in [-0.39, 0.29) is 0 Å². The van der Waals surface area contributed by atoms with E-state index in [1.165, 1.54) is 0 Å². The summed E-state index contributed by atoms with van der Waals surface area (Å²) in [4.78, 5) is 13.8. The van der Waals surface area contributed by atoms with Gasteiger partial charge >= 0.3 is 5.97 Å². The Morgan fingerprint density at radius 3 is 2.92 bits per heavy atom.